The molecule has 0 atom stereocenters. The van der Waals surface area contributed by atoms with Gasteiger partial charge in [0.05, 0.1) is 0 Å². The Kier molecular flexibility index (Phi) is 5.36. The number of nitrogens with zero attached hydrogens (tertiary/aromatic N) is 2. The second kappa shape index (κ2) is 7.94. The van der Waals surface area contributed by atoms with Crippen LogP contribution in [0.1, 0.15) is 41.7 Å². The molecule has 152 valence electrons. The molecule has 8 heteroatoms. The summed E-state index contributed by atoms with van der Waals surface area (Å²) in [5.74, 6) is -5.40. The molecule has 0 bridgehead atoms. The Labute approximate surface area is 165 Å². The van der Waals surface area contributed by atoms with E-state index in [1.165, 1.54) is 31.0 Å². The van der Waals surface area contributed by atoms with Crippen LogP contribution in [0.4, 0.5) is 23.4 Å². The summed E-state index contributed by atoms with van der Waals surface area (Å²) in [7, 11) is 0. The Balaban J connectivity index is 1.50. The van der Waals surface area contributed by atoms with Crippen molar-refractivity contribution in [3.8, 4) is 0 Å². The molecule has 0 spiro atoms. The van der Waals surface area contributed by atoms with Gasteiger partial charge in [-0.05, 0) is 43.4 Å². The maximum Gasteiger partial charge on any atom is 0.262 e. The molecule has 2 aliphatic rings. The number of anilines is 1. The monoisotopic (exact) mass is 405 g/mol. The van der Waals surface area contributed by atoms with E-state index in [1.54, 1.807) is 0 Å². The largest absolute Gasteiger partial charge is 0.306 e. The van der Waals surface area contributed by atoms with Gasteiger partial charge >= 0.3 is 0 Å². The van der Waals surface area contributed by atoms with E-state index in [2.05, 4.69) is 15.2 Å². The second-order valence-corrected chi connectivity index (χ2v) is 7.29. The highest BCUT2D eigenvalue weighted by Gasteiger charge is 2.31. The predicted octanol–water partition coefficient (Wildman–Crippen LogP) is 4.69. The van der Waals surface area contributed by atoms with Crippen molar-refractivity contribution < 1.29 is 22.4 Å². The van der Waals surface area contributed by atoms with Gasteiger partial charge in [0.25, 0.3) is 5.91 Å². The number of amides is 1. The lowest BCUT2D eigenvalue weighted by Crippen LogP contribution is -2.32. The maximum atomic E-state index is 14.9. The third kappa shape index (κ3) is 4.32. The Morgan fingerprint density at radius 2 is 1.72 bits per heavy atom. The number of benzene rings is 1. The average Bonchev–Trinajstić information content (AvgIpc) is 3.52. The molecular weight excluding hydrogens is 386 g/mol. The summed E-state index contributed by atoms with van der Waals surface area (Å²) < 4.78 is 55.5. The fourth-order valence-electron chi connectivity index (χ4n) is 3.56. The third-order valence-electron chi connectivity index (χ3n) is 5.22. The number of hydrogen-bond acceptors (Lipinski definition) is 3. The molecule has 1 N–H and O–H groups in total. The summed E-state index contributed by atoms with van der Waals surface area (Å²) in [5.41, 5.74) is -0.198. The van der Waals surface area contributed by atoms with E-state index in [0.717, 1.165) is 13.1 Å². The number of carbonyl (C=O) groups excluding carboxylic acids is 1. The zero-order valence-electron chi connectivity index (χ0n) is 15.5. The fourth-order valence-corrected chi connectivity index (χ4v) is 3.56. The van der Waals surface area contributed by atoms with E-state index in [9.17, 15) is 22.4 Å². The second-order valence-electron chi connectivity index (χ2n) is 7.29. The molecule has 1 aromatic carbocycles. The van der Waals surface area contributed by atoms with Crippen LogP contribution in [-0.4, -0.2) is 34.9 Å². The van der Waals surface area contributed by atoms with Crippen molar-refractivity contribution in [2.45, 2.75) is 31.7 Å². The van der Waals surface area contributed by atoms with E-state index >= 15 is 0 Å². The van der Waals surface area contributed by atoms with Crippen molar-refractivity contribution in [1.29, 1.82) is 0 Å². The number of aromatic nitrogens is 1. The highest BCUT2D eigenvalue weighted by Crippen LogP contribution is 2.33. The molecule has 2 heterocycles. The molecule has 0 radical (unpaired) electrons. The number of nitrogens with one attached hydrogen (secondary N) is 1. The minimum atomic E-state index is -1.33. The molecule has 1 amide bonds. The summed E-state index contributed by atoms with van der Waals surface area (Å²) in [5, 5.41) is 2.24. The molecule has 2 fully saturated rings. The quantitative estimate of drug-likeness (QED) is 0.751. The topological polar surface area (TPSA) is 45.2 Å². The summed E-state index contributed by atoms with van der Waals surface area (Å²) in [6, 6.07) is 5.83. The number of likely N-dealkylation sites (tertiary alicyclic amines) is 1. The Morgan fingerprint density at radius 1 is 1.07 bits per heavy atom. The maximum absolute atomic E-state index is 14.9. The first-order chi connectivity index (χ1) is 13.9. The van der Waals surface area contributed by atoms with E-state index in [1.807, 2.05) is 0 Å². The molecule has 29 heavy (non-hydrogen) atoms. The van der Waals surface area contributed by atoms with Crippen LogP contribution in [-0.2, 0) is 0 Å². The van der Waals surface area contributed by atoms with E-state index in [0.29, 0.717) is 36.6 Å². The summed E-state index contributed by atoms with van der Waals surface area (Å²) in [6.07, 6.45) is 3.65. The lowest BCUT2D eigenvalue weighted by molar-refractivity contribution is 0.101. The molecule has 0 unspecified atom stereocenters. The van der Waals surface area contributed by atoms with Gasteiger partial charge in [-0.3, -0.25) is 9.69 Å². The Bertz CT molecular complexity index is 955. The van der Waals surface area contributed by atoms with Gasteiger partial charge in [-0.25, -0.2) is 22.5 Å². The van der Waals surface area contributed by atoms with Gasteiger partial charge in [-0.1, -0.05) is 6.07 Å². The van der Waals surface area contributed by atoms with Gasteiger partial charge in [-0.2, -0.15) is 0 Å². The van der Waals surface area contributed by atoms with Crippen LogP contribution in [0.3, 0.4) is 0 Å². The standard InChI is InChI=1S/C21H19F4N3O/c22-13-10-15(23)19(16(24)11-13)21(29)27-18-3-1-2-17(26-18)20(25)12-6-8-28(9-7-12)14-4-5-14/h1-3,10-11,14H,4-9H2,(H,26,27,29). The van der Waals surface area contributed by atoms with Crippen molar-refractivity contribution in [2.75, 3.05) is 18.4 Å². The highest BCUT2D eigenvalue weighted by molar-refractivity contribution is 6.04. The molecule has 4 nitrogen and oxygen atoms in total. The lowest BCUT2D eigenvalue weighted by atomic mass is 10.0. The lowest BCUT2D eigenvalue weighted by Gasteiger charge is -2.28. The van der Waals surface area contributed by atoms with Crippen molar-refractivity contribution in [3.63, 3.8) is 0 Å². The summed E-state index contributed by atoms with van der Waals surface area (Å²) >= 11 is 0. The first kappa shape index (κ1) is 19.6. The van der Waals surface area contributed by atoms with Gasteiger partial charge in [0.1, 0.15) is 40.4 Å². The Hall–Kier alpha value is -2.74. The van der Waals surface area contributed by atoms with Crippen LogP contribution in [0.2, 0.25) is 0 Å². The highest BCUT2D eigenvalue weighted by atomic mass is 19.1. The van der Waals surface area contributed by atoms with Crippen molar-refractivity contribution in [2.24, 2.45) is 0 Å². The zero-order valence-corrected chi connectivity index (χ0v) is 15.5. The van der Waals surface area contributed by atoms with Crippen molar-refractivity contribution in [1.82, 2.24) is 9.88 Å². The van der Waals surface area contributed by atoms with Crippen molar-refractivity contribution >= 4 is 17.6 Å². The summed E-state index contributed by atoms with van der Waals surface area (Å²) in [6.45, 7) is 1.62. The fraction of sp³-hybridized carbons (Fsp3) is 0.333. The van der Waals surface area contributed by atoms with E-state index in [-0.39, 0.29) is 11.5 Å². The number of piperidine rings is 1. The minimum absolute atomic E-state index is 0.0534. The molecule has 2 aromatic rings. The van der Waals surface area contributed by atoms with Crippen LogP contribution >= 0.6 is 0 Å². The van der Waals surface area contributed by atoms with E-state index in [4.69, 9.17) is 0 Å². The van der Waals surface area contributed by atoms with Crippen LogP contribution < -0.4 is 5.32 Å². The van der Waals surface area contributed by atoms with Crippen LogP contribution in [0, 0.1) is 17.5 Å². The molecule has 1 aromatic heterocycles. The van der Waals surface area contributed by atoms with Gasteiger partial charge in [0.2, 0.25) is 0 Å². The number of halogens is 4. The summed E-state index contributed by atoms with van der Waals surface area (Å²) in [4.78, 5) is 18.6. The number of carbonyl (C=O) groups is 1. The van der Waals surface area contributed by atoms with E-state index < -0.39 is 34.7 Å². The van der Waals surface area contributed by atoms with Crippen molar-refractivity contribution in [3.05, 3.63) is 64.6 Å². The van der Waals surface area contributed by atoms with Crippen LogP contribution in [0.15, 0.2) is 35.9 Å². The van der Waals surface area contributed by atoms with Gasteiger partial charge in [0, 0.05) is 31.3 Å². The average molecular weight is 405 g/mol. The zero-order chi connectivity index (χ0) is 20.5. The molecule has 1 saturated carbocycles. The van der Waals surface area contributed by atoms with Crippen LogP contribution in [0.5, 0.6) is 0 Å². The third-order valence-corrected chi connectivity index (χ3v) is 5.22. The van der Waals surface area contributed by atoms with Crippen LogP contribution in [0.25, 0.3) is 5.83 Å². The predicted molar refractivity (Wildman–Crippen MR) is 100 cm³/mol. The molecule has 4 rings (SSSR count). The first-order valence-electron chi connectivity index (χ1n) is 9.47. The normalized spacial score (nSPS) is 17.3. The number of rotatable bonds is 4. The smallest absolute Gasteiger partial charge is 0.262 e. The first-order valence-corrected chi connectivity index (χ1v) is 9.47. The number of hydrogen-bond donors (Lipinski definition) is 1. The minimum Gasteiger partial charge on any atom is -0.306 e. The molecule has 1 aliphatic heterocycles. The van der Waals surface area contributed by atoms with Gasteiger partial charge in [0.15, 0.2) is 0 Å². The SMILES string of the molecule is O=C(Nc1cccc(C(F)=C2CCN(C3CC3)CC2)n1)c1c(F)cc(F)cc1F. The molecular formula is C21H19F4N3O. The van der Waals surface area contributed by atoms with Gasteiger partial charge < -0.3 is 5.32 Å². The molecule has 1 saturated heterocycles. The van der Waals surface area contributed by atoms with Gasteiger partial charge in [-0.15, -0.1) is 0 Å². The Morgan fingerprint density at radius 3 is 2.34 bits per heavy atom. The number of pyridine rings is 1. The molecule has 1 aliphatic carbocycles.